The lowest BCUT2D eigenvalue weighted by molar-refractivity contribution is 0.419. The van der Waals surface area contributed by atoms with Crippen LogP contribution in [0.15, 0.2) is 12.1 Å². The SMILES string of the molecule is OB(O)c1cc(O)nc(F)c1. The van der Waals surface area contributed by atoms with Gasteiger partial charge >= 0.3 is 7.12 Å². The number of nitrogens with zero attached hydrogens (tertiary/aromatic N) is 1. The molecule has 0 fully saturated rings. The van der Waals surface area contributed by atoms with Gasteiger partial charge in [0.05, 0.1) is 0 Å². The largest absolute Gasteiger partial charge is 0.493 e. The maximum Gasteiger partial charge on any atom is 0.488 e. The molecule has 11 heavy (non-hydrogen) atoms. The van der Waals surface area contributed by atoms with E-state index in [4.69, 9.17) is 15.2 Å². The second-order valence-corrected chi connectivity index (χ2v) is 1.96. The highest BCUT2D eigenvalue weighted by Gasteiger charge is 2.13. The lowest BCUT2D eigenvalue weighted by atomic mass is 9.81. The van der Waals surface area contributed by atoms with Gasteiger partial charge in [0.2, 0.25) is 11.8 Å². The van der Waals surface area contributed by atoms with Crippen LogP contribution in [0.4, 0.5) is 4.39 Å². The molecule has 0 aliphatic carbocycles. The van der Waals surface area contributed by atoms with E-state index in [1.165, 1.54) is 0 Å². The van der Waals surface area contributed by atoms with Gasteiger partial charge < -0.3 is 15.2 Å². The van der Waals surface area contributed by atoms with Gasteiger partial charge in [-0.3, -0.25) is 0 Å². The first-order chi connectivity index (χ1) is 5.09. The molecule has 0 unspecified atom stereocenters. The number of halogens is 1. The van der Waals surface area contributed by atoms with Crippen LogP contribution in [0.3, 0.4) is 0 Å². The third-order valence-electron chi connectivity index (χ3n) is 1.10. The van der Waals surface area contributed by atoms with Crippen molar-refractivity contribution in [1.29, 1.82) is 0 Å². The van der Waals surface area contributed by atoms with Crippen LogP contribution in [0, 0.1) is 5.95 Å². The first kappa shape index (κ1) is 7.97. The molecular formula is C5H5BFNO3. The van der Waals surface area contributed by atoms with Crippen molar-refractivity contribution in [3.05, 3.63) is 18.1 Å². The fourth-order valence-electron chi connectivity index (χ4n) is 0.651. The lowest BCUT2D eigenvalue weighted by Gasteiger charge is -1.98. The summed E-state index contributed by atoms with van der Waals surface area (Å²) in [7, 11) is -1.79. The van der Waals surface area contributed by atoms with Crippen molar-refractivity contribution < 1.29 is 19.5 Å². The molecule has 1 rings (SSSR count). The highest BCUT2D eigenvalue weighted by Crippen LogP contribution is 2.01. The highest BCUT2D eigenvalue weighted by molar-refractivity contribution is 6.58. The van der Waals surface area contributed by atoms with Crippen LogP contribution in [0.1, 0.15) is 0 Å². The van der Waals surface area contributed by atoms with E-state index in [1.54, 1.807) is 0 Å². The van der Waals surface area contributed by atoms with E-state index in [-0.39, 0.29) is 5.46 Å². The minimum atomic E-state index is -1.79. The number of rotatable bonds is 1. The number of pyridine rings is 1. The third kappa shape index (κ3) is 1.89. The maximum atomic E-state index is 12.3. The molecule has 0 bridgehead atoms. The predicted octanol–water partition coefficient (Wildman–Crippen LogP) is -1.39. The van der Waals surface area contributed by atoms with Crippen LogP contribution < -0.4 is 5.46 Å². The Bertz CT molecular complexity index is 248. The van der Waals surface area contributed by atoms with Crippen molar-refractivity contribution in [2.24, 2.45) is 0 Å². The molecule has 1 aromatic rings. The monoisotopic (exact) mass is 157 g/mol. The molecule has 0 radical (unpaired) electrons. The minimum absolute atomic E-state index is 0.130. The molecule has 0 spiro atoms. The van der Waals surface area contributed by atoms with Crippen molar-refractivity contribution in [2.45, 2.75) is 0 Å². The van der Waals surface area contributed by atoms with Gasteiger partial charge in [-0.1, -0.05) is 0 Å². The molecule has 6 heteroatoms. The van der Waals surface area contributed by atoms with Gasteiger partial charge in [0, 0.05) is 6.07 Å². The Morgan fingerprint density at radius 2 is 2.00 bits per heavy atom. The van der Waals surface area contributed by atoms with E-state index in [0.29, 0.717) is 0 Å². The summed E-state index contributed by atoms with van der Waals surface area (Å²) in [6, 6.07) is 1.79. The zero-order chi connectivity index (χ0) is 8.43. The van der Waals surface area contributed by atoms with E-state index in [1.807, 2.05) is 0 Å². The summed E-state index contributed by atoms with van der Waals surface area (Å²) in [6.45, 7) is 0. The Kier molecular flexibility index (Phi) is 2.07. The standard InChI is InChI=1S/C5H5BFNO3/c7-4-1-3(6(10)11)2-5(9)8-4/h1-2,10-11H,(H,8,9). The quantitative estimate of drug-likeness (QED) is 0.346. The van der Waals surface area contributed by atoms with Crippen molar-refractivity contribution in [3.63, 3.8) is 0 Å². The molecule has 0 atom stereocenters. The Morgan fingerprint density at radius 1 is 1.36 bits per heavy atom. The zero-order valence-corrected chi connectivity index (χ0v) is 5.40. The van der Waals surface area contributed by atoms with Crippen molar-refractivity contribution in [3.8, 4) is 5.88 Å². The molecule has 1 aromatic heterocycles. The Balaban J connectivity index is 3.08. The van der Waals surface area contributed by atoms with Gasteiger partial charge in [-0.2, -0.15) is 9.37 Å². The normalized spacial score (nSPS) is 9.73. The van der Waals surface area contributed by atoms with Gasteiger partial charge in [0.25, 0.3) is 0 Å². The molecule has 0 aromatic carbocycles. The van der Waals surface area contributed by atoms with E-state index in [0.717, 1.165) is 12.1 Å². The van der Waals surface area contributed by atoms with Gasteiger partial charge in [0.1, 0.15) is 0 Å². The summed E-state index contributed by atoms with van der Waals surface area (Å²) in [5, 5.41) is 25.7. The topological polar surface area (TPSA) is 73.6 Å². The number of hydrogen-bond donors (Lipinski definition) is 3. The summed E-state index contributed by atoms with van der Waals surface area (Å²) in [5.74, 6) is -1.53. The fourth-order valence-corrected chi connectivity index (χ4v) is 0.651. The molecule has 0 amide bonds. The van der Waals surface area contributed by atoms with E-state index < -0.39 is 18.9 Å². The molecule has 0 aliphatic heterocycles. The Labute approximate surface area is 62.1 Å². The highest BCUT2D eigenvalue weighted by atomic mass is 19.1. The molecular weight excluding hydrogens is 152 g/mol. The summed E-state index contributed by atoms with van der Waals surface area (Å²) in [6.07, 6.45) is 0. The average Bonchev–Trinajstić information content (AvgIpc) is 1.85. The Morgan fingerprint density at radius 3 is 2.45 bits per heavy atom. The fraction of sp³-hybridized carbons (Fsp3) is 0. The summed E-state index contributed by atoms with van der Waals surface area (Å²) in [4.78, 5) is 2.98. The first-order valence-corrected chi connectivity index (χ1v) is 2.82. The van der Waals surface area contributed by atoms with Crippen molar-refractivity contribution >= 4 is 12.6 Å². The number of aromatic nitrogens is 1. The third-order valence-corrected chi connectivity index (χ3v) is 1.10. The first-order valence-electron chi connectivity index (χ1n) is 2.82. The van der Waals surface area contributed by atoms with Crippen LogP contribution >= 0.6 is 0 Å². The van der Waals surface area contributed by atoms with Crippen LogP contribution in [-0.2, 0) is 0 Å². The van der Waals surface area contributed by atoms with Crippen LogP contribution in [0.2, 0.25) is 0 Å². The van der Waals surface area contributed by atoms with Crippen LogP contribution in [0.5, 0.6) is 5.88 Å². The molecule has 0 aliphatic rings. The van der Waals surface area contributed by atoms with Gasteiger partial charge in [0.15, 0.2) is 0 Å². The van der Waals surface area contributed by atoms with E-state index >= 15 is 0 Å². The van der Waals surface area contributed by atoms with E-state index in [2.05, 4.69) is 4.98 Å². The molecule has 0 saturated carbocycles. The molecule has 1 heterocycles. The second-order valence-electron chi connectivity index (χ2n) is 1.96. The Hall–Kier alpha value is -1.14. The predicted molar refractivity (Wildman–Crippen MR) is 35.7 cm³/mol. The van der Waals surface area contributed by atoms with E-state index in [9.17, 15) is 4.39 Å². The number of hydrogen-bond acceptors (Lipinski definition) is 4. The minimum Gasteiger partial charge on any atom is -0.493 e. The van der Waals surface area contributed by atoms with Crippen LogP contribution in [0.25, 0.3) is 0 Å². The smallest absolute Gasteiger partial charge is 0.488 e. The molecule has 0 saturated heterocycles. The summed E-state index contributed by atoms with van der Waals surface area (Å²) in [5.41, 5.74) is -0.130. The average molecular weight is 157 g/mol. The lowest BCUT2D eigenvalue weighted by Crippen LogP contribution is -2.30. The van der Waals surface area contributed by atoms with Gasteiger partial charge in [-0.15, -0.1) is 0 Å². The summed E-state index contributed by atoms with van der Waals surface area (Å²) < 4.78 is 12.3. The van der Waals surface area contributed by atoms with Crippen molar-refractivity contribution in [2.75, 3.05) is 0 Å². The molecule has 58 valence electrons. The second kappa shape index (κ2) is 2.85. The number of aromatic hydroxyl groups is 1. The van der Waals surface area contributed by atoms with Crippen molar-refractivity contribution in [1.82, 2.24) is 4.98 Å². The molecule has 4 nitrogen and oxygen atoms in total. The van der Waals surface area contributed by atoms with Gasteiger partial charge in [-0.25, -0.2) is 0 Å². The van der Waals surface area contributed by atoms with Gasteiger partial charge in [-0.05, 0) is 11.5 Å². The summed E-state index contributed by atoms with van der Waals surface area (Å²) >= 11 is 0. The zero-order valence-electron chi connectivity index (χ0n) is 5.40. The molecule has 3 N–H and O–H groups in total. The van der Waals surface area contributed by atoms with Crippen LogP contribution in [-0.4, -0.2) is 27.3 Å². The maximum absolute atomic E-state index is 12.3.